The number of aliphatic carboxylic acids is 1. The number of pyridine rings is 1. The number of nitrogens with zero attached hydrogens (tertiary/aromatic N) is 1. The zero-order valence-corrected chi connectivity index (χ0v) is 9.96. The van der Waals surface area contributed by atoms with E-state index in [9.17, 15) is 4.79 Å². The van der Waals surface area contributed by atoms with Gasteiger partial charge >= 0.3 is 5.97 Å². The van der Waals surface area contributed by atoms with Gasteiger partial charge < -0.3 is 9.84 Å². The van der Waals surface area contributed by atoms with Crippen molar-refractivity contribution in [2.24, 2.45) is 0 Å². The number of carboxylic acid groups (broad SMARTS) is 1. The molecule has 1 heterocycles. The Morgan fingerprint density at radius 3 is 2.56 bits per heavy atom. The minimum atomic E-state index is -0.908. The first-order valence-corrected chi connectivity index (χ1v) is 5.51. The normalized spacial score (nSPS) is 10.1. The standard InChI is InChI=1S/C14H13NO3/c1-18-13-8-11(10-5-3-2-4-6-10)7-12(15-13)9-14(16)17/h2-8H,9H2,1H3,(H,16,17). The van der Waals surface area contributed by atoms with Crippen LogP contribution in [-0.2, 0) is 11.2 Å². The second-order valence-corrected chi connectivity index (χ2v) is 3.83. The van der Waals surface area contributed by atoms with Crippen molar-refractivity contribution in [2.75, 3.05) is 7.11 Å². The van der Waals surface area contributed by atoms with Crippen LogP contribution in [0.3, 0.4) is 0 Å². The Morgan fingerprint density at radius 1 is 1.22 bits per heavy atom. The predicted molar refractivity (Wildman–Crippen MR) is 67.6 cm³/mol. The molecule has 0 spiro atoms. The van der Waals surface area contributed by atoms with Gasteiger partial charge in [0.25, 0.3) is 0 Å². The maximum Gasteiger partial charge on any atom is 0.309 e. The second kappa shape index (κ2) is 5.31. The molecule has 0 unspecified atom stereocenters. The molecule has 2 rings (SSSR count). The summed E-state index contributed by atoms with van der Waals surface area (Å²) in [5.41, 5.74) is 2.39. The smallest absolute Gasteiger partial charge is 0.309 e. The molecule has 1 N–H and O–H groups in total. The first-order valence-electron chi connectivity index (χ1n) is 5.51. The predicted octanol–water partition coefficient (Wildman–Crippen LogP) is 2.38. The van der Waals surface area contributed by atoms with E-state index >= 15 is 0 Å². The highest BCUT2D eigenvalue weighted by atomic mass is 16.5. The Morgan fingerprint density at radius 2 is 1.94 bits per heavy atom. The average molecular weight is 243 g/mol. The maximum absolute atomic E-state index is 10.7. The van der Waals surface area contributed by atoms with Gasteiger partial charge in [0, 0.05) is 6.07 Å². The largest absolute Gasteiger partial charge is 0.481 e. The van der Waals surface area contributed by atoms with Crippen LogP contribution in [0.4, 0.5) is 0 Å². The van der Waals surface area contributed by atoms with Crippen LogP contribution in [0.15, 0.2) is 42.5 Å². The Labute approximate surface area is 105 Å². The molecule has 0 aliphatic rings. The third-order valence-electron chi connectivity index (χ3n) is 2.50. The van der Waals surface area contributed by atoms with Crippen molar-refractivity contribution in [3.8, 4) is 17.0 Å². The summed E-state index contributed by atoms with van der Waals surface area (Å²) in [6, 6.07) is 13.3. The van der Waals surface area contributed by atoms with Crippen LogP contribution in [0.1, 0.15) is 5.69 Å². The summed E-state index contributed by atoms with van der Waals surface area (Å²) in [5.74, 6) is -0.484. The van der Waals surface area contributed by atoms with Crippen LogP contribution in [0.2, 0.25) is 0 Å². The van der Waals surface area contributed by atoms with Gasteiger partial charge in [-0.1, -0.05) is 30.3 Å². The van der Waals surface area contributed by atoms with Gasteiger partial charge in [-0.25, -0.2) is 4.98 Å². The summed E-state index contributed by atoms with van der Waals surface area (Å²) in [5, 5.41) is 8.81. The van der Waals surface area contributed by atoms with Crippen molar-refractivity contribution in [1.29, 1.82) is 0 Å². The highest BCUT2D eigenvalue weighted by Crippen LogP contribution is 2.23. The molecule has 0 atom stereocenters. The summed E-state index contributed by atoms with van der Waals surface area (Å²) in [4.78, 5) is 14.8. The van der Waals surface area contributed by atoms with Crippen molar-refractivity contribution < 1.29 is 14.6 Å². The summed E-state index contributed by atoms with van der Waals surface area (Å²) in [6.45, 7) is 0. The number of ether oxygens (including phenoxy) is 1. The van der Waals surface area contributed by atoms with Crippen LogP contribution >= 0.6 is 0 Å². The van der Waals surface area contributed by atoms with Crippen molar-refractivity contribution in [3.63, 3.8) is 0 Å². The van der Waals surface area contributed by atoms with Crippen LogP contribution in [0.5, 0.6) is 5.88 Å². The minimum absolute atomic E-state index is 0.114. The average Bonchev–Trinajstić information content (AvgIpc) is 2.38. The number of benzene rings is 1. The monoisotopic (exact) mass is 243 g/mol. The molecule has 2 aromatic rings. The van der Waals surface area contributed by atoms with E-state index < -0.39 is 5.97 Å². The first kappa shape index (κ1) is 12.1. The van der Waals surface area contributed by atoms with Gasteiger partial charge in [-0.15, -0.1) is 0 Å². The Hall–Kier alpha value is -2.36. The molecular formula is C14H13NO3. The van der Waals surface area contributed by atoms with Crippen molar-refractivity contribution in [2.45, 2.75) is 6.42 Å². The van der Waals surface area contributed by atoms with E-state index in [1.54, 1.807) is 12.1 Å². The quantitative estimate of drug-likeness (QED) is 0.895. The molecule has 1 aromatic carbocycles. The van der Waals surface area contributed by atoms with Crippen LogP contribution in [0, 0.1) is 0 Å². The molecule has 4 heteroatoms. The van der Waals surface area contributed by atoms with Crippen LogP contribution in [-0.4, -0.2) is 23.2 Å². The highest BCUT2D eigenvalue weighted by molar-refractivity contribution is 5.71. The highest BCUT2D eigenvalue weighted by Gasteiger charge is 2.08. The number of hydrogen-bond acceptors (Lipinski definition) is 3. The third-order valence-corrected chi connectivity index (χ3v) is 2.50. The van der Waals surface area contributed by atoms with Gasteiger partial charge in [-0.05, 0) is 17.2 Å². The third kappa shape index (κ3) is 2.85. The van der Waals surface area contributed by atoms with Gasteiger partial charge in [-0.3, -0.25) is 4.79 Å². The number of hydrogen-bond donors (Lipinski definition) is 1. The molecule has 0 bridgehead atoms. The molecule has 0 fully saturated rings. The Balaban J connectivity index is 2.44. The van der Waals surface area contributed by atoms with E-state index in [2.05, 4.69) is 4.98 Å². The fraction of sp³-hybridized carbons (Fsp3) is 0.143. The molecule has 0 aliphatic heterocycles. The summed E-state index contributed by atoms with van der Waals surface area (Å²) < 4.78 is 5.09. The van der Waals surface area contributed by atoms with E-state index in [1.165, 1.54) is 7.11 Å². The maximum atomic E-state index is 10.7. The molecule has 0 saturated heterocycles. The molecule has 1 aromatic heterocycles. The summed E-state index contributed by atoms with van der Waals surface area (Å²) in [6.07, 6.45) is -0.114. The second-order valence-electron chi connectivity index (χ2n) is 3.83. The fourth-order valence-corrected chi connectivity index (χ4v) is 1.71. The molecule has 0 saturated carbocycles. The van der Waals surface area contributed by atoms with Gasteiger partial charge in [0.1, 0.15) is 0 Å². The lowest BCUT2D eigenvalue weighted by Gasteiger charge is -2.07. The van der Waals surface area contributed by atoms with E-state index in [1.807, 2.05) is 30.3 Å². The molecule has 0 amide bonds. The lowest BCUT2D eigenvalue weighted by atomic mass is 10.1. The van der Waals surface area contributed by atoms with E-state index in [-0.39, 0.29) is 6.42 Å². The molecule has 92 valence electrons. The SMILES string of the molecule is COc1cc(-c2ccccc2)cc(CC(=O)O)n1. The molecular weight excluding hydrogens is 230 g/mol. The Kier molecular flexibility index (Phi) is 3.57. The number of carboxylic acids is 1. The summed E-state index contributed by atoms with van der Waals surface area (Å²) >= 11 is 0. The molecule has 4 nitrogen and oxygen atoms in total. The number of aromatic nitrogens is 1. The number of carbonyl (C=O) groups is 1. The van der Waals surface area contributed by atoms with Gasteiger partial charge in [0.05, 0.1) is 19.2 Å². The van der Waals surface area contributed by atoms with Gasteiger partial charge in [-0.2, -0.15) is 0 Å². The van der Waals surface area contributed by atoms with E-state index in [0.717, 1.165) is 11.1 Å². The molecule has 0 radical (unpaired) electrons. The summed E-state index contributed by atoms with van der Waals surface area (Å²) in [7, 11) is 1.52. The lowest BCUT2D eigenvalue weighted by Crippen LogP contribution is -2.03. The zero-order chi connectivity index (χ0) is 13.0. The van der Waals surface area contributed by atoms with Gasteiger partial charge in [0.15, 0.2) is 0 Å². The fourth-order valence-electron chi connectivity index (χ4n) is 1.71. The first-order chi connectivity index (χ1) is 8.69. The van der Waals surface area contributed by atoms with Crippen molar-refractivity contribution in [1.82, 2.24) is 4.98 Å². The lowest BCUT2D eigenvalue weighted by molar-refractivity contribution is -0.136. The topological polar surface area (TPSA) is 59.4 Å². The van der Waals surface area contributed by atoms with E-state index in [4.69, 9.17) is 9.84 Å². The van der Waals surface area contributed by atoms with Gasteiger partial charge in [0.2, 0.25) is 5.88 Å². The molecule has 0 aliphatic carbocycles. The van der Waals surface area contributed by atoms with Crippen molar-refractivity contribution >= 4 is 5.97 Å². The van der Waals surface area contributed by atoms with E-state index in [0.29, 0.717) is 11.6 Å². The number of methoxy groups -OCH3 is 1. The van der Waals surface area contributed by atoms with Crippen molar-refractivity contribution in [3.05, 3.63) is 48.2 Å². The minimum Gasteiger partial charge on any atom is -0.481 e. The van der Waals surface area contributed by atoms with Crippen LogP contribution in [0.25, 0.3) is 11.1 Å². The number of rotatable bonds is 4. The zero-order valence-electron chi connectivity index (χ0n) is 9.96. The molecule has 18 heavy (non-hydrogen) atoms. The Bertz CT molecular complexity index is 552. The van der Waals surface area contributed by atoms with Crippen LogP contribution < -0.4 is 4.74 Å².